The Morgan fingerprint density at radius 3 is 2.58 bits per heavy atom. The topological polar surface area (TPSA) is 86.0 Å². The minimum absolute atomic E-state index is 0.0724. The molecule has 0 aliphatic heterocycles. The van der Waals surface area contributed by atoms with Crippen LogP contribution in [0.3, 0.4) is 0 Å². The predicted octanol–water partition coefficient (Wildman–Crippen LogP) is 4.30. The maximum Gasteiger partial charge on any atom is 0.340 e. The lowest BCUT2D eigenvalue weighted by Crippen LogP contribution is -2.33. The molecule has 2 aromatic carbocycles. The Balaban J connectivity index is 1.82. The molecule has 0 aliphatic rings. The SMILES string of the molecule is COCCN(Cc1cccc(OS(=O)(=O)c2c(C)cccc2Cl)c1)C(=O)c1ccco1. The number of hydrogen-bond donors (Lipinski definition) is 0. The van der Waals surface area contributed by atoms with E-state index in [2.05, 4.69) is 0 Å². The first-order valence-electron chi connectivity index (χ1n) is 9.42. The first kappa shape index (κ1) is 22.9. The van der Waals surface area contributed by atoms with Crippen molar-refractivity contribution in [2.45, 2.75) is 18.4 Å². The highest BCUT2D eigenvalue weighted by Gasteiger charge is 2.23. The van der Waals surface area contributed by atoms with Crippen LogP contribution >= 0.6 is 11.6 Å². The van der Waals surface area contributed by atoms with E-state index in [1.54, 1.807) is 61.4 Å². The van der Waals surface area contributed by atoms with Gasteiger partial charge in [-0.3, -0.25) is 4.79 Å². The molecule has 0 atom stereocenters. The lowest BCUT2D eigenvalue weighted by molar-refractivity contribution is 0.0649. The molecule has 0 fully saturated rings. The minimum Gasteiger partial charge on any atom is -0.459 e. The number of methoxy groups -OCH3 is 1. The molecule has 3 rings (SSSR count). The molecule has 1 amide bonds. The van der Waals surface area contributed by atoms with Crippen LogP contribution in [0.15, 0.2) is 70.2 Å². The molecule has 0 unspecified atom stereocenters. The molecule has 0 saturated heterocycles. The molecule has 31 heavy (non-hydrogen) atoms. The Labute approximate surface area is 186 Å². The van der Waals surface area contributed by atoms with E-state index < -0.39 is 10.1 Å². The summed E-state index contributed by atoms with van der Waals surface area (Å²) in [4.78, 5) is 14.2. The number of nitrogens with zero attached hydrogens (tertiary/aromatic N) is 1. The molecular weight excluding hydrogens is 442 g/mol. The van der Waals surface area contributed by atoms with Crippen LogP contribution in [0.5, 0.6) is 5.75 Å². The fourth-order valence-corrected chi connectivity index (χ4v) is 4.74. The van der Waals surface area contributed by atoms with E-state index in [0.29, 0.717) is 24.3 Å². The first-order valence-corrected chi connectivity index (χ1v) is 11.2. The number of furan rings is 1. The van der Waals surface area contributed by atoms with Crippen LogP contribution < -0.4 is 4.18 Å². The molecule has 3 aromatic rings. The first-order chi connectivity index (χ1) is 14.8. The third kappa shape index (κ3) is 5.66. The molecule has 0 aliphatic carbocycles. The fraction of sp³-hybridized carbons (Fsp3) is 0.227. The summed E-state index contributed by atoms with van der Waals surface area (Å²) in [5.41, 5.74) is 1.16. The van der Waals surface area contributed by atoms with Gasteiger partial charge in [-0.25, -0.2) is 0 Å². The van der Waals surface area contributed by atoms with Gasteiger partial charge in [-0.15, -0.1) is 0 Å². The Hall–Kier alpha value is -2.81. The molecule has 9 heteroatoms. The number of aryl methyl sites for hydroxylation is 1. The number of ether oxygens (including phenoxy) is 1. The highest BCUT2D eigenvalue weighted by molar-refractivity contribution is 7.87. The average molecular weight is 464 g/mol. The molecule has 164 valence electrons. The van der Waals surface area contributed by atoms with Gasteiger partial charge in [0.15, 0.2) is 5.76 Å². The van der Waals surface area contributed by atoms with Gasteiger partial charge in [-0.1, -0.05) is 35.9 Å². The standard InChI is InChI=1S/C22H22ClNO6S/c1-16-6-3-9-19(23)21(16)31(26,27)30-18-8-4-7-17(14-18)15-24(11-13-28-2)22(25)20-10-5-12-29-20/h3-10,12,14H,11,13,15H2,1-2H3. The lowest BCUT2D eigenvalue weighted by atomic mass is 10.2. The maximum atomic E-state index is 12.8. The summed E-state index contributed by atoms with van der Waals surface area (Å²) in [6.07, 6.45) is 1.43. The van der Waals surface area contributed by atoms with Gasteiger partial charge in [0, 0.05) is 20.2 Å². The molecule has 0 spiro atoms. The number of carbonyl (C=O) groups is 1. The van der Waals surface area contributed by atoms with Gasteiger partial charge in [0.2, 0.25) is 0 Å². The minimum atomic E-state index is -4.13. The van der Waals surface area contributed by atoms with E-state index in [4.69, 9.17) is 24.9 Å². The second-order valence-corrected chi connectivity index (χ2v) is 8.66. The molecule has 7 nitrogen and oxygen atoms in total. The van der Waals surface area contributed by atoms with E-state index in [1.165, 1.54) is 18.4 Å². The molecule has 1 aromatic heterocycles. The quantitative estimate of drug-likeness (QED) is 0.440. The highest BCUT2D eigenvalue weighted by Crippen LogP contribution is 2.28. The van der Waals surface area contributed by atoms with Crippen LogP contribution in [0.25, 0.3) is 0 Å². The summed E-state index contributed by atoms with van der Waals surface area (Å²) in [7, 11) is -2.59. The fourth-order valence-electron chi connectivity index (χ4n) is 3.03. The molecule has 0 radical (unpaired) electrons. The largest absolute Gasteiger partial charge is 0.459 e. The van der Waals surface area contributed by atoms with Crippen molar-refractivity contribution in [2.75, 3.05) is 20.3 Å². The number of hydrogen-bond acceptors (Lipinski definition) is 6. The number of amides is 1. The van der Waals surface area contributed by atoms with Gasteiger partial charge in [0.05, 0.1) is 17.9 Å². The normalized spacial score (nSPS) is 11.3. The Morgan fingerprint density at radius 1 is 1.13 bits per heavy atom. The van der Waals surface area contributed by atoms with Gasteiger partial charge in [0.1, 0.15) is 10.6 Å². The summed E-state index contributed by atoms with van der Waals surface area (Å²) in [5, 5.41) is 0.0888. The summed E-state index contributed by atoms with van der Waals surface area (Å²) in [6.45, 7) is 2.53. The number of rotatable bonds is 9. The van der Waals surface area contributed by atoms with Gasteiger partial charge < -0.3 is 18.2 Å². The second-order valence-electron chi connectivity index (χ2n) is 6.77. The smallest absolute Gasteiger partial charge is 0.340 e. The zero-order valence-corrected chi connectivity index (χ0v) is 18.7. The van der Waals surface area contributed by atoms with E-state index in [0.717, 1.165) is 0 Å². The number of halogens is 1. The van der Waals surface area contributed by atoms with Crippen molar-refractivity contribution in [1.29, 1.82) is 0 Å². The van der Waals surface area contributed by atoms with E-state index in [9.17, 15) is 13.2 Å². The van der Waals surface area contributed by atoms with Crippen molar-refractivity contribution < 1.29 is 26.5 Å². The molecule has 0 bridgehead atoms. The van der Waals surface area contributed by atoms with Crippen LogP contribution in [-0.2, 0) is 21.4 Å². The van der Waals surface area contributed by atoms with Gasteiger partial charge in [-0.05, 0) is 48.4 Å². The van der Waals surface area contributed by atoms with Crippen LogP contribution in [0.1, 0.15) is 21.7 Å². The summed E-state index contributed by atoms with van der Waals surface area (Å²) < 4.78 is 41.2. The zero-order valence-electron chi connectivity index (χ0n) is 17.1. The zero-order chi connectivity index (χ0) is 22.4. The van der Waals surface area contributed by atoms with Gasteiger partial charge >= 0.3 is 10.1 Å². The maximum absolute atomic E-state index is 12.8. The molecule has 0 saturated carbocycles. The average Bonchev–Trinajstić information content (AvgIpc) is 3.25. The number of carbonyl (C=O) groups excluding carboxylic acids is 1. The van der Waals surface area contributed by atoms with Crippen LogP contribution in [0.2, 0.25) is 5.02 Å². The Kier molecular flexibility index (Phi) is 7.37. The third-order valence-electron chi connectivity index (χ3n) is 4.48. The van der Waals surface area contributed by atoms with Gasteiger partial charge in [-0.2, -0.15) is 8.42 Å². The summed E-state index contributed by atoms with van der Waals surface area (Å²) in [5.74, 6) is 0.0296. The molecule has 0 N–H and O–H groups in total. The molecular formula is C22H22ClNO6S. The van der Waals surface area contributed by atoms with Crippen molar-refractivity contribution in [3.05, 3.63) is 82.8 Å². The lowest BCUT2D eigenvalue weighted by Gasteiger charge is -2.21. The van der Waals surface area contributed by atoms with E-state index >= 15 is 0 Å². The van der Waals surface area contributed by atoms with Crippen LogP contribution in [0, 0.1) is 6.92 Å². The summed E-state index contributed by atoms with van der Waals surface area (Å²) in [6, 6.07) is 14.6. The van der Waals surface area contributed by atoms with Gasteiger partial charge in [0.25, 0.3) is 5.91 Å². The molecule has 1 heterocycles. The van der Waals surface area contributed by atoms with Crippen molar-refractivity contribution in [3.8, 4) is 5.75 Å². The predicted molar refractivity (Wildman–Crippen MR) is 116 cm³/mol. The summed E-state index contributed by atoms with van der Waals surface area (Å²) >= 11 is 6.09. The third-order valence-corrected chi connectivity index (χ3v) is 6.36. The number of benzene rings is 2. The monoisotopic (exact) mass is 463 g/mol. The second kappa shape index (κ2) is 10.00. The van der Waals surface area contributed by atoms with Crippen molar-refractivity contribution in [3.63, 3.8) is 0 Å². The van der Waals surface area contributed by atoms with Crippen LogP contribution in [0.4, 0.5) is 0 Å². The van der Waals surface area contributed by atoms with Crippen molar-refractivity contribution >= 4 is 27.6 Å². The van der Waals surface area contributed by atoms with E-state index in [-0.39, 0.29) is 33.9 Å². The van der Waals surface area contributed by atoms with Crippen molar-refractivity contribution in [1.82, 2.24) is 4.90 Å². The highest BCUT2D eigenvalue weighted by atomic mass is 35.5. The Morgan fingerprint density at radius 2 is 1.90 bits per heavy atom. The van der Waals surface area contributed by atoms with Crippen LogP contribution in [-0.4, -0.2) is 39.5 Å². The van der Waals surface area contributed by atoms with E-state index in [1.807, 2.05) is 0 Å². The van der Waals surface area contributed by atoms with Crippen molar-refractivity contribution in [2.24, 2.45) is 0 Å². The Bertz CT molecular complexity index is 1120.